The molecule has 0 bridgehead atoms. The van der Waals surface area contributed by atoms with Gasteiger partial charge in [0.25, 0.3) is 0 Å². The van der Waals surface area contributed by atoms with E-state index in [0.29, 0.717) is 5.92 Å². The summed E-state index contributed by atoms with van der Waals surface area (Å²) >= 11 is 0. The van der Waals surface area contributed by atoms with E-state index in [9.17, 15) is 0 Å². The fourth-order valence-corrected chi connectivity index (χ4v) is 3.30. The second-order valence-corrected chi connectivity index (χ2v) is 5.59. The summed E-state index contributed by atoms with van der Waals surface area (Å²) in [6.07, 6.45) is 5.47. The second-order valence-electron chi connectivity index (χ2n) is 5.59. The Bertz CT molecular complexity index is 624. The van der Waals surface area contributed by atoms with Crippen LogP contribution in [0.25, 0.3) is 0 Å². The van der Waals surface area contributed by atoms with E-state index in [2.05, 4.69) is 34.6 Å². The van der Waals surface area contributed by atoms with Crippen LogP contribution in [0.15, 0.2) is 36.5 Å². The van der Waals surface area contributed by atoms with E-state index in [1.54, 1.807) is 7.11 Å². The molecule has 21 heavy (non-hydrogen) atoms. The van der Waals surface area contributed by atoms with Crippen molar-refractivity contribution in [3.63, 3.8) is 0 Å². The molecule has 0 radical (unpaired) electrons. The Labute approximate surface area is 126 Å². The summed E-state index contributed by atoms with van der Waals surface area (Å²) in [5.74, 6) is 1.32. The third kappa shape index (κ3) is 2.79. The average molecular weight is 282 g/mol. The van der Waals surface area contributed by atoms with Crippen LogP contribution in [-0.4, -0.2) is 19.1 Å². The van der Waals surface area contributed by atoms with Crippen molar-refractivity contribution in [1.29, 1.82) is 0 Å². The summed E-state index contributed by atoms with van der Waals surface area (Å²) < 4.78 is 5.37. The minimum absolute atomic E-state index is 0.407. The first-order chi connectivity index (χ1) is 10.3. The van der Waals surface area contributed by atoms with Crippen molar-refractivity contribution in [3.05, 3.63) is 58.9 Å². The highest BCUT2D eigenvalue weighted by Gasteiger charge is 2.24. The van der Waals surface area contributed by atoms with Gasteiger partial charge in [-0.25, -0.2) is 0 Å². The minimum Gasteiger partial charge on any atom is -0.497 e. The number of rotatable bonds is 4. The standard InChI is InChI=1S/C18H22N2O/c1-19-12-14-11-15(21-2)8-9-16(14)17-7-3-5-13-6-4-10-20-18(13)17/h4,6,8-11,17,19H,3,5,7,12H2,1-2H3. The highest BCUT2D eigenvalue weighted by Crippen LogP contribution is 2.37. The molecule has 0 saturated carbocycles. The van der Waals surface area contributed by atoms with Crippen LogP contribution in [0, 0.1) is 0 Å². The zero-order chi connectivity index (χ0) is 14.7. The fourth-order valence-electron chi connectivity index (χ4n) is 3.30. The number of nitrogens with one attached hydrogen (secondary N) is 1. The summed E-state index contributed by atoms with van der Waals surface area (Å²) in [5.41, 5.74) is 5.34. The molecule has 110 valence electrons. The van der Waals surface area contributed by atoms with Gasteiger partial charge in [-0.05, 0) is 61.2 Å². The van der Waals surface area contributed by atoms with E-state index >= 15 is 0 Å². The summed E-state index contributed by atoms with van der Waals surface area (Å²) in [4.78, 5) is 4.67. The smallest absolute Gasteiger partial charge is 0.119 e. The molecule has 3 heteroatoms. The molecular formula is C18H22N2O. The van der Waals surface area contributed by atoms with Crippen LogP contribution in [0.1, 0.15) is 41.1 Å². The molecule has 1 N–H and O–H groups in total. The van der Waals surface area contributed by atoms with Crippen LogP contribution in [0.5, 0.6) is 5.75 Å². The van der Waals surface area contributed by atoms with Gasteiger partial charge in [0, 0.05) is 18.7 Å². The lowest BCUT2D eigenvalue weighted by Gasteiger charge is -2.26. The van der Waals surface area contributed by atoms with Crippen molar-refractivity contribution < 1.29 is 4.74 Å². The third-order valence-corrected chi connectivity index (χ3v) is 4.29. The molecule has 0 aliphatic heterocycles. The zero-order valence-corrected chi connectivity index (χ0v) is 12.7. The molecule has 0 spiro atoms. The number of aryl methyl sites for hydroxylation is 1. The van der Waals surface area contributed by atoms with E-state index in [4.69, 9.17) is 4.74 Å². The van der Waals surface area contributed by atoms with Gasteiger partial charge in [0.15, 0.2) is 0 Å². The Balaban J connectivity index is 2.04. The summed E-state index contributed by atoms with van der Waals surface area (Å²) in [7, 11) is 3.70. The highest BCUT2D eigenvalue weighted by molar-refractivity contribution is 5.43. The quantitative estimate of drug-likeness (QED) is 0.934. The molecule has 0 amide bonds. The number of ether oxygens (including phenoxy) is 1. The lowest BCUT2D eigenvalue weighted by atomic mass is 9.80. The van der Waals surface area contributed by atoms with Gasteiger partial charge < -0.3 is 10.1 Å². The molecule has 3 rings (SSSR count). The van der Waals surface area contributed by atoms with Crippen LogP contribution in [0.4, 0.5) is 0 Å². The zero-order valence-electron chi connectivity index (χ0n) is 12.7. The molecule has 1 atom stereocenters. The monoisotopic (exact) mass is 282 g/mol. The topological polar surface area (TPSA) is 34.1 Å². The van der Waals surface area contributed by atoms with E-state index in [0.717, 1.165) is 18.7 Å². The van der Waals surface area contributed by atoms with E-state index < -0.39 is 0 Å². The number of nitrogens with zero attached hydrogens (tertiary/aromatic N) is 1. The van der Waals surface area contributed by atoms with Crippen molar-refractivity contribution in [2.75, 3.05) is 14.2 Å². The van der Waals surface area contributed by atoms with Crippen molar-refractivity contribution in [2.24, 2.45) is 0 Å². The van der Waals surface area contributed by atoms with Crippen molar-refractivity contribution in [1.82, 2.24) is 10.3 Å². The van der Waals surface area contributed by atoms with Gasteiger partial charge in [-0.2, -0.15) is 0 Å². The van der Waals surface area contributed by atoms with Crippen molar-refractivity contribution in [2.45, 2.75) is 31.7 Å². The van der Waals surface area contributed by atoms with Crippen molar-refractivity contribution in [3.8, 4) is 5.75 Å². The van der Waals surface area contributed by atoms with Gasteiger partial charge in [0.2, 0.25) is 0 Å². The maximum absolute atomic E-state index is 5.37. The number of methoxy groups -OCH3 is 1. The molecule has 0 fully saturated rings. The van der Waals surface area contributed by atoms with E-state index in [-0.39, 0.29) is 0 Å². The van der Waals surface area contributed by atoms with Gasteiger partial charge in [-0.15, -0.1) is 0 Å². The fraction of sp³-hybridized carbons (Fsp3) is 0.389. The predicted octanol–water partition coefficient (Wildman–Crippen LogP) is 3.28. The number of hydrogen-bond acceptors (Lipinski definition) is 3. The Morgan fingerprint density at radius 2 is 2.24 bits per heavy atom. The largest absolute Gasteiger partial charge is 0.497 e. The van der Waals surface area contributed by atoms with Crippen LogP contribution in [0.3, 0.4) is 0 Å². The van der Waals surface area contributed by atoms with Crippen LogP contribution < -0.4 is 10.1 Å². The number of aromatic nitrogens is 1. The van der Waals surface area contributed by atoms with Gasteiger partial charge >= 0.3 is 0 Å². The van der Waals surface area contributed by atoms with Crippen molar-refractivity contribution >= 4 is 0 Å². The Morgan fingerprint density at radius 1 is 1.33 bits per heavy atom. The van der Waals surface area contributed by atoms with Crippen LogP contribution in [-0.2, 0) is 13.0 Å². The Morgan fingerprint density at radius 3 is 3.05 bits per heavy atom. The molecule has 1 aliphatic rings. The molecule has 2 aromatic rings. The molecule has 0 saturated heterocycles. The third-order valence-electron chi connectivity index (χ3n) is 4.29. The molecule has 1 aromatic heterocycles. The molecule has 1 aromatic carbocycles. The Kier molecular flexibility index (Phi) is 4.20. The summed E-state index contributed by atoms with van der Waals surface area (Å²) in [6.45, 7) is 0.852. The van der Waals surface area contributed by atoms with E-state index in [1.807, 2.05) is 19.3 Å². The maximum Gasteiger partial charge on any atom is 0.119 e. The SMILES string of the molecule is CNCc1cc(OC)ccc1C1CCCc2cccnc21. The number of fused-ring (bicyclic) bond motifs is 1. The molecule has 1 heterocycles. The van der Waals surface area contributed by atoms with Gasteiger partial charge in [0.1, 0.15) is 5.75 Å². The number of pyridine rings is 1. The normalized spacial score (nSPS) is 17.3. The van der Waals surface area contributed by atoms with Gasteiger partial charge in [-0.1, -0.05) is 12.1 Å². The molecular weight excluding hydrogens is 260 g/mol. The maximum atomic E-state index is 5.37. The second kappa shape index (κ2) is 6.27. The first kappa shape index (κ1) is 14.1. The summed E-state index contributed by atoms with van der Waals surface area (Å²) in [6, 6.07) is 10.7. The Hall–Kier alpha value is -1.87. The van der Waals surface area contributed by atoms with E-state index in [1.165, 1.54) is 35.2 Å². The first-order valence-electron chi connectivity index (χ1n) is 7.58. The number of benzene rings is 1. The van der Waals surface area contributed by atoms with Crippen LogP contribution >= 0.6 is 0 Å². The van der Waals surface area contributed by atoms with Gasteiger partial charge in [0.05, 0.1) is 12.8 Å². The molecule has 1 unspecified atom stereocenters. The molecule has 1 aliphatic carbocycles. The summed E-state index contributed by atoms with van der Waals surface area (Å²) in [5, 5.41) is 3.26. The van der Waals surface area contributed by atoms with Crippen LogP contribution in [0.2, 0.25) is 0 Å². The lowest BCUT2D eigenvalue weighted by Crippen LogP contribution is -2.16. The first-order valence-corrected chi connectivity index (χ1v) is 7.58. The minimum atomic E-state index is 0.407. The molecule has 3 nitrogen and oxygen atoms in total. The number of hydrogen-bond donors (Lipinski definition) is 1. The predicted molar refractivity (Wildman–Crippen MR) is 84.8 cm³/mol. The van der Waals surface area contributed by atoms with Gasteiger partial charge in [-0.3, -0.25) is 4.98 Å². The highest BCUT2D eigenvalue weighted by atomic mass is 16.5. The average Bonchev–Trinajstić information content (AvgIpc) is 2.55. The lowest BCUT2D eigenvalue weighted by molar-refractivity contribution is 0.413.